The summed E-state index contributed by atoms with van der Waals surface area (Å²) in [6.07, 6.45) is 4.65. The molecule has 0 saturated heterocycles. The van der Waals surface area contributed by atoms with Gasteiger partial charge in [0.1, 0.15) is 0 Å². The number of hydrogen-bond acceptors (Lipinski definition) is 5. The van der Waals surface area contributed by atoms with E-state index in [0.29, 0.717) is 16.6 Å². The molecule has 7 heteroatoms. The van der Waals surface area contributed by atoms with E-state index in [1.54, 1.807) is 30.6 Å². The molecule has 0 atom stereocenters. The average Bonchev–Trinajstić information content (AvgIpc) is 3.31. The number of carbonyl (C=O) groups excluding carboxylic acids is 1. The number of nitrogens with one attached hydrogen (secondary N) is 1. The zero-order valence-electron chi connectivity index (χ0n) is 11.3. The maximum Gasteiger partial charge on any atom is 0.251 e. The molecule has 1 saturated carbocycles. The quantitative estimate of drug-likeness (QED) is 0.888. The molecule has 0 unspecified atom stereocenters. The van der Waals surface area contributed by atoms with E-state index in [9.17, 15) is 13.2 Å². The Morgan fingerprint density at radius 1 is 1.19 bits per heavy atom. The summed E-state index contributed by atoms with van der Waals surface area (Å²) in [5.74, 6) is -0.301. The van der Waals surface area contributed by atoms with Crippen LogP contribution < -0.4 is 5.32 Å². The van der Waals surface area contributed by atoms with Gasteiger partial charge < -0.3 is 5.32 Å². The molecule has 1 heterocycles. The number of carbonyl (C=O) groups is 1. The summed E-state index contributed by atoms with van der Waals surface area (Å²) < 4.78 is 23.4. The molecule has 1 N–H and O–H groups in total. The molecule has 0 radical (unpaired) electrons. The van der Waals surface area contributed by atoms with Gasteiger partial charge in [-0.1, -0.05) is 0 Å². The second-order valence-electron chi connectivity index (χ2n) is 5.08. The number of amides is 1. The summed E-state index contributed by atoms with van der Waals surface area (Å²) in [6, 6.07) is 5.02. The van der Waals surface area contributed by atoms with Gasteiger partial charge in [-0.15, -0.1) is 0 Å². The van der Waals surface area contributed by atoms with Crippen molar-refractivity contribution in [3.63, 3.8) is 0 Å². The van der Waals surface area contributed by atoms with Crippen molar-refractivity contribution in [2.45, 2.75) is 18.1 Å². The molecule has 1 aromatic carbocycles. The van der Waals surface area contributed by atoms with Crippen molar-refractivity contribution in [3.05, 3.63) is 36.2 Å². The van der Waals surface area contributed by atoms with Gasteiger partial charge in [0.05, 0.1) is 22.0 Å². The molecule has 0 spiro atoms. The Labute approximate surface area is 122 Å². The van der Waals surface area contributed by atoms with Crippen molar-refractivity contribution in [2.75, 3.05) is 12.3 Å². The monoisotopic (exact) mass is 305 g/mol. The van der Waals surface area contributed by atoms with E-state index in [2.05, 4.69) is 15.3 Å². The predicted octanol–water partition coefficient (Wildman–Crippen LogP) is 0.937. The summed E-state index contributed by atoms with van der Waals surface area (Å²) in [6.45, 7) is 0.135. The van der Waals surface area contributed by atoms with Crippen LogP contribution in [0.1, 0.15) is 23.2 Å². The Balaban J connectivity index is 1.64. The zero-order chi connectivity index (χ0) is 14.9. The van der Waals surface area contributed by atoms with Gasteiger partial charge in [0.2, 0.25) is 0 Å². The van der Waals surface area contributed by atoms with Crippen LogP contribution in [-0.2, 0) is 9.84 Å². The van der Waals surface area contributed by atoms with Gasteiger partial charge in [0.25, 0.3) is 5.91 Å². The molecule has 0 bridgehead atoms. The van der Waals surface area contributed by atoms with E-state index in [4.69, 9.17) is 0 Å². The van der Waals surface area contributed by atoms with Gasteiger partial charge in [0.15, 0.2) is 9.84 Å². The third kappa shape index (κ3) is 3.18. The first-order valence-electron chi connectivity index (χ1n) is 6.77. The molecule has 1 aliphatic carbocycles. The highest BCUT2D eigenvalue weighted by Crippen LogP contribution is 2.28. The van der Waals surface area contributed by atoms with Crippen molar-refractivity contribution in [1.82, 2.24) is 15.3 Å². The maximum absolute atomic E-state index is 12.0. The lowest BCUT2D eigenvalue weighted by Gasteiger charge is -2.06. The zero-order valence-corrected chi connectivity index (χ0v) is 12.1. The van der Waals surface area contributed by atoms with Gasteiger partial charge in [-0.3, -0.25) is 14.8 Å². The van der Waals surface area contributed by atoms with E-state index >= 15 is 0 Å². The highest BCUT2D eigenvalue weighted by Gasteiger charge is 2.34. The minimum Gasteiger partial charge on any atom is -0.351 e. The molecule has 0 aliphatic heterocycles. The Morgan fingerprint density at radius 3 is 2.62 bits per heavy atom. The van der Waals surface area contributed by atoms with E-state index < -0.39 is 9.84 Å². The van der Waals surface area contributed by atoms with Crippen LogP contribution >= 0.6 is 0 Å². The number of rotatable bonds is 5. The van der Waals surface area contributed by atoms with Gasteiger partial charge in [-0.2, -0.15) is 0 Å². The van der Waals surface area contributed by atoms with Crippen LogP contribution in [-0.4, -0.2) is 41.8 Å². The molecule has 1 aromatic heterocycles. The van der Waals surface area contributed by atoms with Crippen molar-refractivity contribution in [3.8, 4) is 0 Å². The first kappa shape index (κ1) is 13.9. The van der Waals surface area contributed by atoms with Crippen molar-refractivity contribution in [2.24, 2.45) is 0 Å². The lowest BCUT2D eigenvalue weighted by atomic mass is 10.2. The fourth-order valence-electron chi connectivity index (χ4n) is 2.11. The van der Waals surface area contributed by atoms with E-state index in [1.165, 1.54) is 0 Å². The van der Waals surface area contributed by atoms with Crippen molar-refractivity contribution in [1.29, 1.82) is 0 Å². The van der Waals surface area contributed by atoms with E-state index in [-0.39, 0.29) is 23.5 Å². The Morgan fingerprint density at radius 2 is 1.90 bits per heavy atom. The molecule has 6 nitrogen and oxygen atoms in total. The molecule has 2 aromatic rings. The number of sulfone groups is 1. The smallest absolute Gasteiger partial charge is 0.251 e. The summed E-state index contributed by atoms with van der Waals surface area (Å²) in [5.41, 5.74) is 1.80. The average molecular weight is 305 g/mol. The normalized spacial score (nSPS) is 15.0. The topological polar surface area (TPSA) is 89.0 Å². The van der Waals surface area contributed by atoms with Crippen LogP contribution in [0.15, 0.2) is 30.6 Å². The third-order valence-corrected chi connectivity index (χ3v) is 5.70. The Hall–Kier alpha value is -2.02. The van der Waals surface area contributed by atoms with Gasteiger partial charge >= 0.3 is 0 Å². The van der Waals surface area contributed by atoms with E-state index in [0.717, 1.165) is 12.8 Å². The number of hydrogen-bond donors (Lipinski definition) is 1. The highest BCUT2D eigenvalue weighted by molar-refractivity contribution is 7.92. The Bertz CT molecular complexity index is 785. The summed E-state index contributed by atoms with van der Waals surface area (Å²) in [5, 5.41) is 2.45. The molecular weight excluding hydrogens is 290 g/mol. The van der Waals surface area contributed by atoms with Crippen LogP contribution in [0.2, 0.25) is 0 Å². The molecule has 110 valence electrons. The highest BCUT2D eigenvalue weighted by atomic mass is 32.2. The second kappa shape index (κ2) is 5.40. The van der Waals surface area contributed by atoms with Crippen LogP contribution in [0, 0.1) is 0 Å². The SMILES string of the molecule is O=C(NCCS(=O)(=O)C1CC1)c1ccc2nccnc2c1. The summed E-state index contributed by atoms with van der Waals surface area (Å²) in [7, 11) is -3.04. The number of fused-ring (bicyclic) bond motifs is 1. The summed E-state index contributed by atoms with van der Waals surface area (Å²) >= 11 is 0. The fourth-order valence-corrected chi connectivity index (χ4v) is 3.68. The first-order chi connectivity index (χ1) is 10.1. The molecule has 3 rings (SSSR count). The van der Waals surface area contributed by atoms with Crippen molar-refractivity contribution >= 4 is 26.8 Å². The number of benzene rings is 1. The van der Waals surface area contributed by atoms with Crippen molar-refractivity contribution < 1.29 is 13.2 Å². The van der Waals surface area contributed by atoms with Gasteiger partial charge in [-0.05, 0) is 31.0 Å². The molecular formula is C14H15N3O3S. The molecule has 1 fully saturated rings. The van der Waals surface area contributed by atoms with Crippen LogP contribution in [0.5, 0.6) is 0 Å². The van der Waals surface area contributed by atoms with Crippen LogP contribution in [0.4, 0.5) is 0 Å². The van der Waals surface area contributed by atoms with Gasteiger partial charge in [0, 0.05) is 24.5 Å². The molecule has 1 aliphatic rings. The predicted molar refractivity (Wildman–Crippen MR) is 78.7 cm³/mol. The molecule has 1 amide bonds. The largest absolute Gasteiger partial charge is 0.351 e. The Kier molecular flexibility index (Phi) is 3.59. The molecule has 21 heavy (non-hydrogen) atoms. The lowest BCUT2D eigenvalue weighted by molar-refractivity contribution is 0.0956. The van der Waals surface area contributed by atoms with E-state index in [1.807, 2.05) is 0 Å². The lowest BCUT2D eigenvalue weighted by Crippen LogP contribution is -2.30. The minimum absolute atomic E-state index is 0.00318. The minimum atomic E-state index is -3.04. The second-order valence-corrected chi connectivity index (χ2v) is 7.48. The fraction of sp³-hybridized carbons (Fsp3) is 0.357. The third-order valence-electron chi connectivity index (χ3n) is 3.44. The van der Waals surface area contributed by atoms with Gasteiger partial charge in [-0.25, -0.2) is 8.42 Å². The first-order valence-corrected chi connectivity index (χ1v) is 8.48. The number of nitrogens with zero attached hydrogens (tertiary/aromatic N) is 2. The maximum atomic E-state index is 12.0. The van der Waals surface area contributed by atoms with Crippen LogP contribution in [0.3, 0.4) is 0 Å². The summed E-state index contributed by atoms with van der Waals surface area (Å²) in [4.78, 5) is 20.3. The standard InChI is InChI=1S/C14H15N3O3S/c18-14(17-7-8-21(19,20)11-2-3-11)10-1-4-12-13(9-10)16-6-5-15-12/h1,4-6,9,11H,2-3,7-8H2,(H,17,18). The number of aromatic nitrogens is 2. The van der Waals surface area contributed by atoms with Crippen LogP contribution in [0.25, 0.3) is 11.0 Å².